The van der Waals surface area contributed by atoms with Crippen molar-refractivity contribution in [3.05, 3.63) is 65.2 Å². The molecule has 1 atom stereocenters. The summed E-state index contributed by atoms with van der Waals surface area (Å²) in [5, 5.41) is 2.10. The number of nitrogens with zero attached hydrogens (tertiary/aromatic N) is 3. The lowest BCUT2D eigenvalue weighted by Crippen LogP contribution is -2.44. The molecule has 4 heterocycles. The predicted molar refractivity (Wildman–Crippen MR) is 99.4 cm³/mol. The fourth-order valence-corrected chi connectivity index (χ4v) is 4.83. The molecule has 1 fully saturated rings. The van der Waals surface area contributed by atoms with Gasteiger partial charge in [0.2, 0.25) is 0 Å². The molecule has 134 valence electrons. The Morgan fingerprint density at radius 3 is 3.04 bits per heavy atom. The molecule has 2 aromatic heterocycles. The Morgan fingerprint density at radius 1 is 1.23 bits per heavy atom. The fraction of sp³-hybridized carbons (Fsp3) is 0.350. The number of hydrogen-bond donors (Lipinski definition) is 0. The number of thiophene rings is 1. The maximum absolute atomic E-state index is 13.4. The Labute approximate surface area is 155 Å². The molecule has 3 aromatic rings. The smallest absolute Gasteiger partial charge is 0.135 e. The van der Waals surface area contributed by atoms with Crippen LogP contribution in [0.1, 0.15) is 17.8 Å². The molecule has 2 aliphatic heterocycles. The lowest BCUT2D eigenvalue weighted by Gasteiger charge is -2.35. The van der Waals surface area contributed by atoms with Crippen LogP contribution in [0.25, 0.3) is 10.6 Å². The van der Waals surface area contributed by atoms with Gasteiger partial charge in [0.25, 0.3) is 0 Å². The summed E-state index contributed by atoms with van der Waals surface area (Å²) >= 11 is 1.74. The monoisotopic (exact) mass is 369 g/mol. The van der Waals surface area contributed by atoms with Crippen LogP contribution >= 0.6 is 11.3 Å². The van der Waals surface area contributed by atoms with E-state index in [2.05, 4.69) is 32.0 Å². The van der Waals surface area contributed by atoms with Crippen LogP contribution in [0.15, 0.2) is 48.0 Å². The molecular formula is C20H20FN3OS. The van der Waals surface area contributed by atoms with Crippen LogP contribution < -0.4 is 0 Å². The van der Waals surface area contributed by atoms with Gasteiger partial charge in [-0.1, -0.05) is 18.2 Å². The minimum atomic E-state index is -0.174. The maximum Gasteiger partial charge on any atom is 0.135 e. The molecule has 1 saturated heterocycles. The summed E-state index contributed by atoms with van der Waals surface area (Å²) in [6.45, 7) is 3.98. The summed E-state index contributed by atoms with van der Waals surface area (Å²) < 4.78 is 22.0. The SMILES string of the molecule is Fc1cccc(CN2CC[C@@]3(C2)Cn2c(-c4cccs4)cnc2CO3)c1. The Hall–Kier alpha value is -2.02. The third-order valence-electron chi connectivity index (χ3n) is 5.36. The van der Waals surface area contributed by atoms with Crippen LogP contribution in [0.4, 0.5) is 4.39 Å². The fourth-order valence-electron chi connectivity index (χ4n) is 4.08. The highest BCUT2D eigenvalue weighted by Crippen LogP contribution is 2.36. The number of rotatable bonds is 3. The van der Waals surface area contributed by atoms with Crippen molar-refractivity contribution in [1.82, 2.24) is 14.5 Å². The first-order valence-electron chi connectivity index (χ1n) is 8.90. The van der Waals surface area contributed by atoms with Crippen molar-refractivity contribution in [2.24, 2.45) is 0 Å². The molecule has 0 aliphatic carbocycles. The second-order valence-electron chi connectivity index (χ2n) is 7.19. The van der Waals surface area contributed by atoms with Gasteiger partial charge in [-0.05, 0) is 35.6 Å². The summed E-state index contributed by atoms with van der Waals surface area (Å²) in [6, 6.07) is 11.1. The van der Waals surface area contributed by atoms with Gasteiger partial charge in [-0.25, -0.2) is 9.37 Å². The van der Waals surface area contributed by atoms with E-state index in [-0.39, 0.29) is 11.4 Å². The largest absolute Gasteiger partial charge is 0.364 e. The van der Waals surface area contributed by atoms with Gasteiger partial charge in [0, 0.05) is 19.6 Å². The minimum absolute atomic E-state index is 0.172. The van der Waals surface area contributed by atoms with E-state index in [0.717, 1.165) is 44.0 Å². The zero-order valence-corrected chi connectivity index (χ0v) is 15.2. The van der Waals surface area contributed by atoms with Crippen LogP contribution in [-0.2, 0) is 24.4 Å². The van der Waals surface area contributed by atoms with Gasteiger partial charge in [0.15, 0.2) is 0 Å². The molecule has 0 saturated carbocycles. The zero-order valence-electron chi connectivity index (χ0n) is 14.4. The van der Waals surface area contributed by atoms with Gasteiger partial charge in [-0.2, -0.15) is 0 Å². The van der Waals surface area contributed by atoms with E-state index in [4.69, 9.17) is 4.74 Å². The molecule has 0 unspecified atom stereocenters. The van der Waals surface area contributed by atoms with E-state index in [1.807, 2.05) is 12.3 Å². The van der Waals surface area contributed by atoms with Gasteiger partial charge in [-0.3, -0.25) is 4.90 Å². The number of likely N-dealkylation sites (tertiary alicyclic amines) is 1. The van der Waals surface area contributed by atoms with Gasteiger partial charge >= 0.3 is 0 Å². The molecule has 1 aromatic carbocycles. The van der Waals surface area contributed by atoms with Crippen molar-refractivity contribution in [2.45, 2.75) is 31.7 Å². The topological polar surface area (TPSA) is 30.3 Å². The highest BCUT2D eigenvalue weighted by molar-refractivity contribution is 7.13. The molecular weight excluding hydrogens is 349 g/mol. The maximum atomic E-state index is 13.4. The van der Waals surface area contributed by atoms with Gasteiger partial charge in [0.05, 0.1) is 23.3 Å². The van der Waals surface area contributed by atoms with Crippen molar-refractivity contribution in [3.8, 4) is 10.6 Å². The summed E-state index contributed by atoms with van der Waals surface area (Å²) in [5.41, 5.74) is 2.02. The molecule has 26 heavy (non-hydrogen) atoms. The minimum Gasteiger partial charge on any atom is -0.364 e. The van der Waals surface area contributed by atoms with Gasteiger partial charge in [0.1, 0.15) is 23.8 Å². The number of fused-ring (bicyclic) bond motifs is 1. The normalized spacial score (nSPS) is 22.8. The first-order chi connectivity index (χ1) is 12.7. The summed E-state index contributed by atoms with van der Waals surface area (Å²) in [7, 11) is 0. The van der Waals surface area contributed by atoms with E-state index < -0.39 is 0 Å². The number of halogens is 1. The third kappa shape index (κ3) is 2.88. The highest BCUT2D eigenvalue weighted by Gasteiger charge is 2.43. The number of benzene rings is 1. The van der Waals surface area contributed by atoms with Crippen molar-refractivity contribution in [2.75, 3.05) is 13.1 Å². The molecule has 6 heteroatoms. The van der Waals surface area contributed by atoms with Crippen molar-refractivity contribution in [3.63, 3.8) is 0 Å². The van der Waals surface area contributed by atoms with Gasteiger partial charge in [-0.15, -0.1) is 11.3 Å². The molecule has 0 N–H and O–H groups in total. The van der Waals surface area contributed by atoms with Crippen molar-refractivity contribution in [1.29, 1.82) is 0 Å². The van der Waals surface area contributed by atoms with Crippen LogP contribution in [0.3, 0.4) is 0 Å². The van der Waals surface area contributed by atoms with Crippen LogP contribution in [0.5, 0.6) is 0 Å². The van der Waals surface area contributed by atoms with E-state index in [0.29, 0.717) is 6.61 Å². The van der Waals surface area contributed by atoms with E-state index >= 15 is 0 Å². The Balaban J connectivity index is 1.35. The molecule has 4 nitrogen and oxygen atoms in total. The van der Waals surface area contributed by atoms with Crippen molar-refractivity contribution < 1.29 is 9.13 Å². The molecule has 2 aliphatic rings. The molecule has 0 bridgehead atoms. The lowest BCUT2D eigenvalue weighted by molar-refractivity contribution is -0.0821. The zero-order chi connectivity index (χ0) is 17.6. The number of aromatic nitrogens is 2. The number of imidazole rings is 1. The first-order valence-corrected chi connectivity index (χ1v) is 9.78. The second kappa shape index (κ2) is 6.30. The highest BCUT2D eigenvalue weighted by atomic mass is 32.1. The Morgan fingerprint density at radius 2 is 2.19 bits per heavy atom. The quantitative estimate of drug-likeness (QED) is 0.701. The average Bonchev–Trinajstić information content (AvgIpc) is 3.35. The summed E-state index contributed by atoms with van der Waals surface area (Å²) in [5.74, 6) is 0.830. The molecule has 1 spiro atoms. The number of ether oxygens (including phenoxy) is 1. The standard InChI is InChI=1S/C20H20FN3OS/c21-16-4-1-3-15(9-16)11-23-7-6-20(13-23)14-24-17(18-5-2-8-26-18)10-22-19(24)12-25-20/h1-5,8-10H,6-7,11-14H2/t20-/m1/s1. The average molecular weight is 369 g/mol. The van der Waals surface area contributed by atoms with E-state index in [1.54, 1.807) is 23.5 Å². The van der Waals surface area contributed by atoms with E-state index in [1.165, 1.54) is 16.6 Å². The summed E-state index contributed by atoms with van der Waals surface area (Å²) in [4.78, 5) is 8.16. The molecule has 0 amide bonds. The molecule has 0 radical (unpaired) electrons. The predicted octanol–water partition coefficient (Wildman–Crippen LogP) is 3.93. The second-order valence-corrected chi connectivity index (χ2v) is 8.13. The van der Waals surface area contributed by atoms with Crippen LogP contribution in [0, 0.1) is 5.82 Å². The summed E-state index contributed by atoms with van der Waals surface area (Å²) in [6.07, 6.45) is 2.95. The van der Waals surface area contributed by atoms with Crippen LogP contribution in [-0.4, -0.2) is 33.1 Å². The van der Waals surface area contributed by atoms with E-state index in [9.17, 15) is 4.39 Å². The van der Waals surface area contributed by atoms with Crippen molar-refractivity contribution >= 4 is 11.3 Å². The Kier molecular flexibility index (Phi) is 3.92. The first kappa shape index (κ1) is 16.2. The third-order valence-corrected chi connectivity index (χ3v) is 6.25. The van der Waals surface area contributed by atoms with Crippen LogP contribution in [0.2, 0.25) is 0 Å². The van der Waals surface area contributed by atoms with Gasteiger partial charge < -0.3 is 9.30 Å². The number of hydrogen-bond acceptors (Lipinski definition) is 4. The Bertz CT molecular complexity index is 923. The lowest BCUT2D eigenvalue weighted by atomic mass is 10.0. The molecule has 5 rings (SSSR count).